The van der Waals surface area contributed by atoms with Gasteiger partial charge >= 0.3 is 0 Å². The van der Waals surface area contributed by atoms with Crippen molar-refractivity contribution in [2.24, 2.45) is 5.73 Å². The van der Waals surface area contributed by atoms with Crippen LogP contribution in [-0.2, 0) is 15.1 Å². The van der Waals surface area contributed by atoms with Crippen LogP contribution >= 0.6 is 11.6 Å². The van der Waals surface area contributed by atoms with Gasteiger partial charge in [-0.25, -0.2) is 0 Å². The largest absolute Gasteiger partial charge is 0.383 e. The van der Waals surface area contributed by atoms with Crippen LogP contribution in [0.1, 0.15) is 19.4 Å². The third-order valence-electron chi connectivity index (χ3n) is 2.67. The fraction of sp³-hybridized carbons (Fsp3) is 0.462. The zero-order chi connectivity index (χ0) is 13.8. The first-order valence-corrected chi connectivity index (χ1v) is 6.07. The van der Waals surface area contributed by atoms with Gasteiger partial charge in [0.2, 0.25) is 5.91 Å². The number of hydrogen-bond donors (Lipinski definition) is 2. The number of nitrogens with two attached hydrogens (primary N) is 1. The van der Waals surface area contributed by atoms with Crippen molar-refractivity contribution in [3.8, 4) is 0 Å². The molecule has 1 atom stereocenters. The molecule has 0 saturated carbocycles. The van der Waals surface area contributed by atoms with E-state index in [9.17, 15) is 4.79 Å². The maximum atomic E-state index is 11.9. The molecule has 4 nitrogen and oxygen atoms in total. The van der Waals surface area contributed by atoms with Gasteiger partial charge in [-0.05, 0) is 31.5 Å². The zero-order valence-corrected chi connectivity index (χ0v) is 11.6. The summed E-state index contributed by atoms with van der Waals surface area (Å²) in [5, 5.41) is 3.52. The lowest BCUT2D eigenvalue weighted by atomic mass is 9.94. The smallest absolute Gasteiger partial charge is 0.239 e. The predicted molar refractivity (Wildman–Crippen MR) is 72.5 cm³/mol. The summed E-state index contributed by atoms with van der Waals surface area (Å²) in [6, 6.07) is 6.70. The summed E-state index contributed by atoms with van der Waals surface area (Å²) in [4.78, 5) is 11.9. The van der Waals surface area contributed by atoms with E-state index in [1.165, 1.54) is 7.11 Å². The molecule has 0 saturated heterocycles. The van der Waals surface area contributed by atoms with E-state index in [1.807, 2.05) is 32.0 Å². The zero-order valence-electron chi connectivity index (χ0n) is 10.9. The van der Waals surface area contributed by atoms with E-state index in [4.69, 9.17) is 22.1 Å². The van der Waals surface area contributed by atoms with Gasteiger partial charge in [-0.3, -0.25) is 4.79 Å². The number of rotatable bonds is 5. The van der Waals surface area contributed by atoms with Crippen LogP contribution in [0, 0.1) is 0 Å². The monoisotopic (exact) mass is 270 g/mol. The molecule has 3 N–H and O–H groups in total. The van der Waals surface area contributed by atoms with E-state index in [0.29, 0.717) is 5.02 Å². The minimum absolute atomic E-state index is 0.192. The molecule has 0 spiro atoms. The van der Waals surface area contributed by atoms with E-state index in [2.05, 4.69) is 5.32 Å². The van der Waals surface area contributed by atoms with Crippen molar-refractivity contribution in [2.75, 3.05) is 13.7 Å². The number of amides is 1. The highest BCUT2D eigenvalue weighted by atomic mass is 35.5. The second-order valence-electron chi connectivity index (χ2n) is 4.69. The number of carbonyl (C=O) groups excluding carboxylic acids is 1. The van der Waals surface area contributed by atoms with Crippen molar-refractivity contribution in [3.05, 3.63) is 34.9 Å². The Kier molecular flexibility index (Phi) is 5.14. The predicted octanol–water partition coefficient (Wildman–Crippen LogP) is 1.67. The van der Waals surface area contributed by atoms with Crippen LogP contribution in [0.2, 0.25) is 5.02 Å². The van der Waals surface area contributed by atoms with Gasteiger partial charge in [0.05, 0.1) is 12.1 Å². The van der Waals surface area contributed by atoms with E-state index >= 15 is 0 Å². The van der Waals surface area contributed by atoms with Gasteiger partial charge in [0, 0.05) is 12.1 Å². The maximum absolute atomic E-state index is 11.9. The highest BCUT2D eigenvalue weighted by molar-refractivity contribution is 6.30. The maximum Gasteiger partial charge on any atom is 0.239 e. The standard InChI is InChI=1S/C13H19ClN2O2/c1-13(2,9-5-4-6-10(14)7-9)16-12(17)11(15)8-18-3/h4-7,11H,8,15H2,1-3H3,(H,16,17). The van der Waals surface area contributed by atoms with Gasteiger partial charge in [0.25, 0.3) is 0 Å². The molecule has 0 radical (unpaired) electrons. The van der Waals surface area contributed by atoms with Crippen LogP contribution in [0.5, 0.6) is 0 Å². The Morgan fingerprint density at radius 2 is 2.22 bits per heavy atom. The van der Waals surface area contributed by atoms with Gasteiger partial charge in [-0.2, -0.15) is 0 Å². The van der Waals surface area contributed by atoms with Crippen LogP contribution in [0.3, 0.4) is 0 Å². The molecular formula is C13H19ClN2O2. The van der Waals surface area contributed by atoms with Crippen LogP contribution in [-0.4, -0.2) is 25.7 Å². The van der Waals surface area contributed by atoms with Crippen molar-refractivity contribution >= 4 is 17.5 Å². The number of benzene rings is 1. The fourth-order valence-electron chi connectivity index (χ4n) is 1.61. The Hall–Kier alpha value is -1.10. The molecule has 0 aliphatic rings. The van der Waals surface area contributed by atoms with E-state index in [1.54, 1.807) is 6.07 Å². The third-order valence-corrected chi connectivity index (χ3v) is 2.90. The molecule has 0 heterocycles. The Morgan fingerprint density at radius 3 is 2.78 bits per heavy atom. The van der Waals surface area contributed by atoms with Crippen molar-refractivity contribution in [1.82, 2.24) is 5.32 Å². The van der Waals surface area contributed by atoms with Crippen LogP contribution < -0.4 is 11.1 Å². The molecule has 0 aliphatic heterocycles. The van der Waals surface area contributed by atoms with Gasteiger partial charge in [-0.15, -0.1) is 0 Å². The van der Waals surface area contributed by atoms with Crippen molar-refractivity contribution < 1.29 is 9.53 Å². The SMILES string of the molecule is COCC(N)C(=O)NC(C)(C)c1cccc(Cl)c1. The van der Waals surface area contributed by atoms with Crippen molar-refractivity contribution in [1.29, 1.82) is 0 Å². The average Bonchev–Trinajstić information content (AvgIpc) is 2.28. The Balaban J connectivity index is 2.78. The summed E-state index contributed by atoms with van der Waals surface area (Å²) in [6.45, 7) is 3.99. The first-order chi connectivity index (χ1) is 8.36. The number of ether oxygens (including phenoxy) is 1. The molecule has 0 aromatic heterocycles. The second-order valence-corrected chi connectivity index (χ2v) is 5.12. The minimum atomic E-state index is -0.673. The molecule has 100 valence electrons. The number of carbonyl (C=O) groups is 1. The lowest BCUT2D eigenvalue weighted by Gasteiger charge is -2.28. The average molecular weight is 271 g/mol. The molecule has 1 amide bonds. The Labute approximate surface area is 112 Å². The minimum Gasteiger partial charge on any atom is -0.383 e. The van der Waals surface area contributed by atoms with E-state index in [0.717, 1.165) is 5.56 Å². The first kappa shape index (κ1) is 15.0. The second kappa shape index (κ2) is 6.18. The Bertz CT molecular complexity index is 421. The number of hydrogen-bond acceptors (Lipinski definition) is 3. The summed E-state index contributed by atoms with van der Waals surface area (Å²) in [6.07, 6.45) is 0. The molecule has 1 unspecified atom stereocenters. The lowest BCUT2D eigenvalue weighted by molar-refractivity contribution is -0.125. The number of methoxy groups -OCH3 is 1. The van der Waals surface area contributed by atoms with E-state index in [-0.39, 0.29) is 12.5 Å². The molecule has 0 aliphatic carbocycles. The quantitative estimate of drug-likeness (QED) is 0.855. The highest BCUT2D eigenvalue weighted by Crippen LogP contribution is 2.22. The van der Waals surface area contributed by atoms with Crippen LogP contribution in [0.15, 0.2) is 24.3 Å². The summed E-state index contributed by atoms with van der Waals surface area (Å²) in [5.41, 5.74) is 6.07. The summed E-state index contributed by atoms with van der Waals surface area (Å²) < 4.78 is 4.86. The summed E-state index contributed by atoms with van der Waals surface area (Å²) in [7, 11) is 1.51. The third kappa shape index (κ3) is 3.98. The van der Waals surface area contributed by atoms with Crippen molar-refractivity contribution in [2.45, 2.75) is 25.4 Å². The summed E-state index contributed by atoms with van der Waals surface area (Å²) >= 11 is 5.94. The molecular weight excluding hydrogens is 252 g/mol. The van der Waals surface area contributed by atoms with Gasteiger partial charge in [0.1, 0.15) is 6.04 Å². The van der Waals surface area contributed by atoms with E-state index < -0.39 is 11.6 Å². The van der Waals surface area contributed by atoms with Gasteiger partial charge in [-0.1, -0.05) is 23.7 Å². The Morgan fingerprint density at radius 1 is 1.56 bits per heavy atom. The number of halogens is 1. The molecule has 5 heteroatoms. The van der Waals surface area contributed by atoms with Crippen LogP contribution in [0.25, 0.3) is 0 Å². The molecule has 1 aromatic rings. The summed E-state index contributed by atoms with van der Waals surface area (Å²) in [5.74, 6) is -0.248. The van der Waals surface area contributed by atoms with Gasteiger partial charge < -0.3 is 15.8 Å². The molecule has 0 bridgehead atoms. The number of nitrogens with one attached hydrogen (secondary N) is 1. The molecule has 1 aromatic carbocycles. The lowest BCUT2D eigenvalue weighted by Crippen LogP contribution is -2.50. The molecule has 0 fully saturated rings. The van der Waals surface area contributed by atoms with Crippen LogP contribution in [0.4, 0.5) is 0 Å². The van der Waals surface area contributed by atoms with Crippen molar-refractivity contribution in [3.63, 3.8) is 0 Å². The normalized spacial score (nSPS) is 13.2. The fourth-order valence-corrected chi connectivity index (χ4v) is 1.80. The molecule has 18 heavy (non-hydrogen) atoms. The molecule has 1 rings (SSSR count). The first-order valence-electron chi connectivity index (χ1n) is 5.69. The topological polar surface area (TPSA) is 64.3 Å². The highest BCUT2D eigenvalue weighted by Gasteiger charge is 2.25. The van der Waals surface area contributed by atoms with Gasteiger partial charge in [0.15, 0.2) is 0 Å².